The molecule has 0 spiro atoms. The topological polar surface area (TPSA) is 0 Å². The van der Waals surface area contributed by atoms with Crippen molar-refractivity contribution in [2.24, 2.45) is 0 Å². The van der Waals surface area contributed by atoms with Crippen LogP contribution in [0.2, 0.25) is 10.6 Å². The van der Waals surface area contributed by atoms with Crippen molar-refractivity contribution in [2.45, 2.75) is 34.6 Å². The second-order valence-electron chi connectivity index (χ2n) is 5.70. The van der Waals surface area contributed by atoms with Crippen molar-refractivity contribution in [1.82, 2.24) is 0 Å². The first kappa shape index (κ1) is 13.0. The maximum absolute atomic E-state index is 2.40. The Hall–Kier alpha value is -1.03. The Morgan fingerprint density at radius 2 is 1.47 bits per heavy atom. The van der Waals surface area contributed by atoms with Gasteiger partial charge in [0.2, 0.25) is 0 Å². The Labute approximate surface area is 120 Å². The number of benzene rings is 2. The zero-order valence-electron chi connectivity index (χ0n) is 11.6. The Morgan fingerprint density at radius 1 is 0.895 bits per heavy atom. The van der Waals surface area contributed by atoms with Gasteiger partial charge in [0.25, 0.3) is 14.1 Å². The van der Waals surface area contributed by atoms with Crippen molar-refractivity contribution >= 4 is 14.1 Å². The molecule has 1 aliphatic heterocycles. The van der Waals surface area contributed by atoms with Crippen LogP contribution in [-0.2, 0) is 0 Å². The predicted molar refractivity (Wildman–Crippen MR) is 84.0 cm³/mol. The average molecular weight is 264 g/mol. The van der Waals surface area contributed by atoms with Crippen LogP contribution in [-0.4, -0.2) is 14.1 Å². The van der Waals surface area contributed by atoms with E-state index in [9.17, 15) is 0 Å². The molecular formula is C18H21Al. The molecule has 2 atom stereocenters. The largest absolute Gasteiger partial charge is 0.272 e. The highest BCUT2D eigenvalue weighted by Gasteiger charge is 2.40. The fourth-order valence-electron chi connectivity index (χ4n) is 3.79. The summed E-state index contributed by atoms with van der Waals surface area (Å²) < 4.78 is 0.841. The minimum absolute atomic E-state index is 0.629. The minimum atomic E-state index is -0.629. The second kappa shape index (κ2) is 5.95. The lowest BCUT2D eigenvalue weighted by Crippen LogP contribution is -2.19. The normalized spacial score (nSPS) is 22.7. The van der Waals surface area contributed by atoms with Crippen molar-refractivity contribution in [3.63, 3.8) is 0 Å². The summed E-state index contributed by atoms with van der Waals surface area (Å²) in [4.78, 5) is 0. The van der Waals surface area contributed by atoms with Crippen molar-refractivity contribution < 1.29 is 0 Å². The summed E-state index contributed by atoms with van der Waals surface area (Å²) in [5.74, 6) is 0.764. The first-order chi connectivity index (χ1) is 9.40. The molecule has 3 rings (SSSR count). The van der Waals surface area contributed by atoms with Crippen LogP contribution in [0.5, 0.6) is 0 Å². The molecule has 0 saturated carbocycles. The highest BCUT2D eigenvalue weighted by molar-refractivity contribution is 6.61. The number of hydrogen-bond acceptors (Lipinski definition) is 0. The van der Waals surface area contributed by atoms with Gasteiger partial charge < -0.3 is 0 Å². The summed E-state index contributed by atoms with van der Waals surface area (Å²) in [5, 5.41) is 2.94. The summed E-state index contributed by atoms with van der Waals surface area (Å²) in [5.41, 5.74) is 3.15. The quantitative estimate of drug-likeness (QED) is 0.683. The van der Waals surface area contributed by atoms with Gasteiger partial charge in [-0.3, -0.25) is 0 Å². The maximum Gasteiger partial charge on any atom is 0.272 e. The molecule has 0 aliphatic carbocycles. The van der Waals surface area contributed by atoms with Crippen molar-refractivity contribution in [3.8, 4) is 0 Å². The lowest BCUT2D eigenvalue weighted by Gasteiger charge is -2.24. The average Bonchev–Trinajstić information content (AvgIpc) is 2.93. The Balaban J connectivity index is 1.96. The van der Waals surface area contributed by atoms with Gasteiger partial charge in [-0.25, -0.2) is 0 Å². The summed E-state index contributed by atoms with van der Waals surface area (Å²) >= 11 is -0.629. The summed E-state index contributed by atoms with van der Waals surface area (Å²) in [7, 11) is 0. The van der Waals surface area contributed by atoms with E-state index in [0.29, 0.717) is 0 Å². The smallest absolute Gasteiger partial charge is 0.0963 e. The van der Waals surface area contributed by atoms with Crippen molar-refractivity contribution in [2.75, 3.05) is 0 Å². The minimum Gasteiger partial charge on any atom is -0.0963 e. The fourth-order valence-corrected chi connectivity index (χ4v) is 7.69. The molecular weight excluding hydrogens is 243 g/mol. The van der Waals surface area contributed by atoms with Crippen LogP contribution in [0.15, 0.2) is 60.7 Å². The summed E-state index contributed by atoms with van der Waals surface area (Å²) in [6.45, 7) is 2.40. The van der Waals surface area contributed by atoms with Crippen LogP contribution >= 0.6 is 0 Å². The van der Waals surface area contributed by atoms with Crippen LogP contribution in [0.1, 0.15) is 35.2 Å². The third-order valence-corrected chi connectivity index (χ3v) is 8.72. The fraction of sp³-hybridized carbons (Fsp3) is 0.333. The molecule has 0 amide bonds. The van der Waals surface area contributed by atoms with E-state index < -0.39 is 14.1 Å². The highest BCUT2D eigenvalue weighted by Crippen LogP contribution is 2.46. The molecule has 1 heteroatoms. The molecule has 19 heavy (non-hydrogen) atoms. The van der Waals surface area contributed by atoms with Gasteiger partial charge in [-0.1, -0.05) is 94.9 Å². The van der Waals surface area contributed by atoms with Crippen molar-refractivity contribution in [3.05, 3.63) is 71.8 Å². The number of hydrogen-bond donors (Lipinski definition) is 0. The molecule has 2 unspecified atom stereocenters. The van der Waals surface area contributed by atoms with Gasteiger partial charge in [0.1, 0.15) is 0 Å². The van der Waals surface area contributed by atoms with E-state index in [1.165, 1.54) is 17.0 Å². The Morgan fingerprint density at radius 3 is 2.05 bits per heavy atom. The molecule has 0 nitrogen and oxygen atoms in total. The van der Waals surface area contributed by atoms with Gasteiger partial charge >= 0.3 is 0 Å². The van der Waals surface area contributed by atoms with Gasteiger partial charge in [-0.15, -0.1) is 0 Å². The summed E-state index contributed by atoms with van der Waals surface area (Å²) in [6.07, 6.45) is 1.40. The lowest BCUT2D eigenvalue weighted by molar-refractivity contribution is 0.677. The Kier molecular flexibility index (Phi) is 4.07. The predicted octanol–water partition coefficient (Wildman–Crippen LogP) is 5.01. The zero-order chi connectivity index (χ0) is 13.1. The molecule has 0 bridgehead atoms. The molecule has 2 aromatic rings. The third-order valence-electron chi connectivity index (χ3n) is 4.73. The second-order valence-corrected chi connectivity index (χ2v) is 9.33. The van der Waals surface area contributed by atoms with Crippen LogP contribution in [0.25, 0.3) is 0 Å². The zero-order valence-corrected chi connectivity index (χ0v) is 12.8. The van der Waals surface area contributed by atoms with Crippen LogP contribution in [0.3, 0.4) is 0 Å². The standard InChI is InChI=1S/C16H16.C2H5.Al/c1-2-15(16-11-7-4-8-12-16)13-14-9-5-3-6-10-14;1-2;/h3-13,15H,1-2H2;1H2,2H3;. The molecule has 1 fully saturated rings. The SMILES string of the molecule is C[CH2][Al]1[CH2]CC(c2ccccc2)[CH]1c1ccccc1. The van der Waals surface area contributed by atoms with Crippen LogP contribution < -0.4 is 0 Å². The first-order valence-corrected chi connectivity index (χ1v) is 9.80. The van der Waals surface area contributed by atoms with E-state index in [0.717, 1.165) is 10.7 Å². The van der Waals surface area contributed by atoms with E-state index in [-0.39, 0.29) is 0 Å². The molecule has 1 heterocycles. The van der Waals surface area contributed by atoms with Gasteiger partial charge in [0, 0.05) is 0 Å². The van der Waals surface area contributed by atoms with Gasteiger partial charge in [0.15, 0.2) is 0 Å². The van der Waals surface area contributed by atoms with E-state index in [4.69, 9.17) is 0 Å². The highest BCUT2D eigenvalue weighted by atomic mass is 27.2. The number of rotatable bonds is 3. The summed E-state index contributed by atoms with van der Waals surface area (Å²) in [6, 6.07) is 22.4. The molecule has 0 aromatic heterocycles. The molecule has 0 N–H and O–H groups in total. The Bertz CT molecular complexity index is 506. The monoisotopic (exact) mass is 264 g/mol. The van der Waals surface area contributed by atoms with E-state index in [2.05, 4.69) is 67.6 Å². The van der Waals surface area contributed by atoms with E-state index in [1.807, 2.05) is 0 Å². The van der Waals surface area contributed by atoms with Crippen LogP contribution in [0.4, 0.5) is 0 Å². The molecule has 2 aromatic carbocycles. The lowest BCUT2D eigenvalue weighted by atomic mass is 9.90. The van der Waals surface area contributed by atoms with Crippen LogP contribution in [0, 0.1) is 0 Å². The molecule has 1 aliphatic rings. The van der Waals surface area contributed by atoms with E-state index in [1.54, 1.807) is 11.1 Å². The van der Waals surface area contributed by atoms with E-state index >= 15 is 0 Å². The van der Waals surface area contributed by atoms with Gasteiger partial charge in [0.05, 0.1) is 0 Å². The van der Waals surface area contributed by atoms with Gasteiger partial charge in [-0.05, 0) is 11.5 Å². The van der Waals surface area contributed by atoms with Crippen molar-refractivity contribution in [1.29, 1.82) is 0 Å². The molecule has 96 valence electrons. The maximum atomic E-state index is 2.40. The molecule has 0 radical (unpaired) electrons. The third kappa shape index (κ3) is 2.64. The first-order valence-electron chi connectivity index (χ1n) is 7.50. The van der Waals surface area contributed by atoms with Gasteiger partial charge in [-0.2, -0.15) is 0 Å². The molecule has 1 saturated heterocycles.